The van der Waals surface area contributed by atoms with Gasteiger partial charge in [0, 0.05) is 38.6 Å². The molecule has 9 nitrogen and oxygen atoms in total. The number of benzene rings is 1. The van der Waals surface area contributed by atoms with E-state index in [9.17, 15) is 14.4 Å². The minimum Gasteiger partial charge on any atom is -0.465 e. The number of amides is 2. The van der Waals surface area contributed by atoms with E-state index in [1.165, 1.54) is 12.0 Å². The molecule has 0 saturated carbocycles. The van der Waals surface area contributed by atoms with Crippen LogP contribution in [0.3, 0.4) is 0 Å². The van der Waals surface area contributed by atoms with Crippen LogP contribution in [0.25, 0.3) is 0 Å². The van der Waals surface area contributed by atoms with Crippen molar-refractivity contribution >= 4 is 29.4 Å². The van der Waals surface area contributed by atoms with Gasteiger partial charge >= 0.3 is 5.97 Å². The maximum atomic E-state index is 13.0. The predicted octanol–water partition coefficient (Wildman–Crippen LogP) is 0.717. The second-order valence-corrected chi connectivity index (χ2v) is 6.90. The highest BCUT2D eigenvalue weighted by atomic mass is 16.5. The summed E-state index contributed by atoms with van der Waals surface area (Å²) in [6.07, 6.45) is 3.56. The van der Waals surface area contributed by atoms with Gasteiger partial charge in [0.05, 0.1) is 30.8 Å². The minimum atomic E-state index is -0.471. The highest BCUT2D eigenvalue weighted by molar-refractivity contribution is 6.22. The lowest BCUT2D eigenvalue weighted by Gasteiger charge is -2.36. The van der Waals surface area contributed by atoms with Crippen molar-refractivity contribution in [2.45, 2.75) is 12.5 Å². The molecule has 29 heavy (non-hydrogen) atoms. The van der Waals surface area contributed by atoms with Crippen molar-refractivity contribution in [1.82, 2.24) is 14.9 Å². The molecule has 1 aromatic heterocycles. The average molecular weight is 395 g/mol. The molecule has 1 unspecified atom stereocenters. The first-order chi connectivity index (χ1) is 14.1. The Labute approximate surface area is 167 Å². The number of anilines is 2. The molecule has 1 aromatic carbocycles. The number of hydrogen-bond acceptors (Lipinski definition) is 8. The molecule has 2 aliphatic heterocycles. The number of carbonyl (C=O) groups excluding carboxylic acids is 3. The molecule has 0 bridgehead atoms. The molecular formula is C20H21N5O4. The molecule has 0 radical (unpaired) electrons. The number of nitrogens with zero attached hydrogens (tertiary/aromatic N) is 5. The molecule has 0 N–H and O–H groups in total. The van der Waals surface area contributed by atoms with E-state index in [2.05, 4.69) is 19.6 Å². The van der Waals surface area contributed by atoms with Gasteiger partial charge in [-0.05, 0) is 30.3 Å². The Balaban J connectivity index is 1.43. The number of esters is 1. The van der Waals surface area contributed by atoms with Gasteiger partial charge in [-0.2, -0.15) is 0 Å². The Morgan fingerprint density at radius 1 is 1.03 bits per heavy atom. The molecule has 150 valence electrons. The normalized spacial score (nSPS) is 20.2. The summed E-state index contributed by atoms with van der Waals surface area (Å²) in [5.74, 6) is -0.257. The van der Waals surface area contributed by atoms with Gasteiger partial charge in [0.25, 0.3) is 5.91 Å². The standard InChI is InChI=1S/C20H21N5O4/c1-29-19(28)14-3-5-15(6-4-14)25-17(26)13-16(18(25)27)23-9-11-24(12-10-23)20-21-7-2-8-22-20/h2-8,16H,9-13H2,1H3. The van der Waals surface area contributed by atoms with E-state index in [0.29, 0.717) is 43.4 Å². The first-order valence-electron chi connectivity index (χ1n) is 9.39. The Bertz CT molecular complexity index is 910. The molecule has 2 aromatic rings. The number of ether oxygens (including phenoxy) is 1. The minimum absolute atomic E-state index is 0.152. The van der Waals surface area contributed by atoms with Crippen LogP contribution in [0.5, 0.6) is 0 Å². The van der Waals surface area contributed by atoms with Crippen LogP contribution < -0.4 is 9.80 Å². The van der Waals surface area contributed by atoms with Crippen LogP contribution >= 0.6 is 0 Å². The number of rotatable bonds is 4. The zero-order valence-electron chi connectivity index (χ0n) is 16.0. The smallest absolute Gasteiger partial charge is 0.337 e. The van der Waals surface area contributed by atoms with Gasteiger partial charge in [0.2, 0.25) is 11.9 Å². The predicted molar refractivity (Wildman–Crippen MR) is 104 cm³/mol. The van der Waals surface area contributed by atoms with Crippen molar-refractivity contribution in [2.24, 2.45) is 0 Å². The van der Waals surface area contributed by atoms with E-state index >= 15 is 0 Å². The summed E-state index contributed by atoms with van der Waals surface area (Å²) in [5.41, 5.74) is 0.831. The number of carbonyl (C=O) groups is 3. The van der Waals surface area contributed by atoms with Crippen molar-refractivity contribution in [3.63, 3.8) is 0 Å². The number of hydrogen-bond donors (Lipinski definition) is 0. The third-order valence-electron chi connectivity index (χ3n) is 5.26. The number of piperazine rings is 1. The highest BCUT2D eigenvalue weighted by Crippen LogP contribution is 2.27. The van der Waals surface area contributed by atoms with Crippen LogP contribution in [0.2, 0.25) is 0 Å². The Morgan fingerprint density at radius 2 is 1.69 bits per heavy atom. The highest BCUT2D eigenvalue weighted by Gasteiger charge is 2.43. The molecule has 1 atom stereocenters. The molecule has 2 saturated heterocycles. The van der Waals surface area contributed by atoms with Crippen LogP contribution in [-0.2, 0) is 14.3 Å². The van der Waals surface area contributed by atoms with Crippen molar-refractivity contribution in [3.05, 3.63) is 48.3 Å². The second kappa shape index (κ2) is 7.96. The summed E-state index contributed by atoms with van der Waals surface area (Å²) in [4.78, 5) is 51.0. The first kappa shape index (κ1) is 19.0. The Kier molecular flexibility index (Phi) is 5.22. The van der Waals surface area contributed by atoms with Gasteiger partial charge in [-0.1, -0.05) is 0 Å². The molecule has 9 heteroatoms. The Hall–Kier alpha value is -3.33. The van der Waals surface area contributed by atoms with Gasteiger partial charge in [0.1, 0.15) is 0 Å². The molecule has 0 spiro atoms. The summed E-state index contributed by atoms with van der Waals surface area (Å²) in [7, 11) is 1.30. The molecule has 4 rings (SSSR count). The quantitative estimate of drug-likeness (QED) is 0.552. The molecule has 0 aliphatic carbocycles. The van der Waals surface area contributed by atoms with Gasteiger partial charge in [0.15, 0.2) is 0 Å². The van der Waals surface area contributed by atoms with E-state index in [0.717, 1.165) is 0 Å². The maximum Gasteiger partial charge on any atom is 0.337 e. The van der Waals surface area contributed by atoms with Crippen LogP contribution in [0.4, 0.5) is 11.6 Å². The number of imide groups is 1. The molecule has 2 amide bonds. The third kappa shape index (κ3) is 3.68. The maximum absolute atomic E-state index is 13.0. The SMILES string of the molecule is COC(=O)c1ccc(N2C(=O)CC(N3CCN(c4ncccn4)CC3)C2=O)cc1. The first-order valence-corrected chi connectivity index (χ1v) is 9.39. The van der Waals surface area contributed by atoms with Crippen molar-refractivity contribution in [3.8, 4) is 0 Å². The van der Waals surface area contributed by atoms with Crippen LogP contribution in [0.15, 0.2) is 42.7 Å². The molecule has 2 fully saturated rings. The fourth-order valence-corrected chi connectivity index (χ4v) is 3.72. The van der Waals surface area contributed by atoms with Gasteiger partial charge in [-0.15, -0.1) is 0 Å². The third-order valence-corrected chi connectivity index (χ3v) is 5.26. The average Bonchev–Trinajstić information content (AvgIpc) is 3.08. The van der Waals surface area contributed by atoms with Crippen LogP contribution in [-0.4, -0.2) is 72.0 Å². The number of methoxy groups -OCH3 is 1. The molecular weight excluding hydrogens is 374 g/mol. The lowest BCUT2D eigenvalue weighted by atomic mass is 10.1. The topological polar surface area (TPSA) is 95.9 Å². The summed E-state index contributed by atoms with van der Waals surface area (Å²) in [5, 5.41) is 0. The zero-order chi connectivity index (χ0) is 20.4. The second-order valence-electron chi connectivity index (χ2n) is 6.90. The van der Waals surface area contributed by atoms with Crippen molar-refractivity contribution < 1.29 is 19.1 Å². The summed E-state index contributed by atoms with van der Waals surface area (Å²) in [6, 6.07) is 7.59. The molecule has 2 aliphatic rings. The zero-order valence-corrected chi connectivity index (χ0v) is 16.0. The van der Waals surface area contributed by atoms with Gasteiger partial charge in [-0.3, -0.25) is 14.5 Å². The molecule has 3 heterocycles. The lowest BCUT2D eigenvalue weighted by molar-refractivity contribution is -0.123. The fourth-order valence-electron chi connectivity index (χ4n) is 3.72. The number of aromatic nitrogens is 2. The summed E-state index contributed by atoms with van der Waals surface area (Å²) >= 11 is 0. The van der Waals surface area contributed by atoms with Crippen molar-refractivity contribution in [2.75, 3.05) is 43.1 Å². The summed E-state index contributed by atoms with van der Waals surface area (Å²) < 4.78 is 4.67. The monoisotopic (exact) mass is 395 g/mol. The summed E-state index contributed by atoms with van der Waals surface area (Å²) in [6.45, 7) is 2.68. The fraction of sp³-hybridized carbons (Fsp3) is 0.350. The van der Waals surface area contributed by atoms with Crippen LogP contribution in [0, 0.1) is 0 Å². The van der Waals surface area contributed by atoms with Gasteiger partial charge in [-0.25, -0.2) is 19.7 Å². The van der Waals surface area contributed by atoms with E-state index in [-0.39, 0.29) is 18.2 Å². The van der Waals surface area contributed by atoms with E-state index < -0.39 is 12.0 Å². The van der Waals surface area contributed by atoms with E-state index in [1.54, 1.807) is 42.7 Å². The van der Waals surface area contributed by atoms with Crippen LogP contribution in [0.1, 0.15) is 16.8 Å². The van der Waals surface area contributed by atoms with Crippen molar-refractivity contribution in [1.29, 1.82) is 0 Å². The van der Waals surface area contributed by atoms with E-state index in [4.69, 9.17) is 0 Å². The van der Waals surface area contributed by atoms with Gasteiger partial charge < -0.3 is 9.64 Å². The largest absolute Gasteiger partial charge is 0.465 e. The van der Waals surface area contributed by atoms with E-state index in [1.807, 2.05) is 4.90 Å². The lowest BCUT2D eigenvalue weighted by Crippen LogP contribution is -2.53. The Morgan fingerprint density at radius 3 is 2.31 bits per heavy atom.